The number of carbonyl (C=O) groups excluding carboxylic acids is 2. The molecule has 1 aliphatic rings. The first-order valence-electron chi connectivity index (χ1n) is 7.81. The monoisotopic (exact) mass is 415 g/mol. The Bertz CT molecular complexity index is 684. The number of alkyl halides is 5. The molecule has 0 spiro atoms. The summed E-state index contributed by atoms with van der Waals surface area (Å²) in [5, 5.41) is 2.05. The molecule has 1 aromatic carbocycles. The summed E-state index contributed by atoms with van der Waals surface area (Å²) in [7, 11) is 0. The molecule has 2 amide bonds. The van der Waals surface area contributed by atoms with Crippen LogP contribution >= 0.6 is 12.4 Å². The van der Waals surface area contributed by atoms with E-state index in [0.717, 1.165) is 12.1 Å². The fraction of sp³-hybridized carbons (Fsp3) is 0.500. The van der Waals surface area contributed by atoms with Gasteiger partial charge in [-0.1, -0.05) is 12.1 Å². The van der Waals surface area contributed by atoms with E-state index in [1.165, 1.54) is 17.0 Å². The first-order valence-corrected chi connectivity index (χ1v) is 7.81. The largest absolute Gasteiger partial charge is 0.416 e. The SMILES string of the molecule is Cl.NCC(F)(F)CNC(=O)C1CC(=O)N(Cc2cccc(C(F)(F)F)c2)C1. The van der Waals surface area contributed by atoms with E-state index in [1.54, 1.807) is 0 Å². The summed E-state index contributed by atoms with van der Waals surface area (Å²) in [6.07, 6.45) is -4.68. The number of carbonyl (C=O) groups is 2. The second kappa shape index (κ2) is 8.83. The van der Waals surface area contributed by atoms with Gasteiger partial charge in [-0.25, -0.2) is 8.78 Å². The maximum atomic E-state index is 13.1. The van der Waals surface area contributed by atoms with Crippen molar-refractivity contribution in [2.75, 3.05) is 19.6 Å². The Morgan fingerprint density at radius 2 is 1.93 bits per heavy atom. The van der Waals surface area contributed by atoms with Crippen molar-refractivity contribution in [3.05, 3.63) is 35.4 Å². The van der Waals surface area contributed by atoms with E-state index >= 15 is 0 Å². The summed E-state index contributed by atoms with van der Waals surface area (Å²) in [5.74, 6) is -5.20. The lowest BCUT2D eigenvalue weighted by molar-refractivity contribution is -0.137. The molecule has 1 atom stereocenters. The Morgan fingerprint density at radius 3 is 2.52 bits per heavy atom. The summed E-state index contributed by atoms with van der Waals surface area (Å²) in [6.45, 7) is -1.99. The van der Waals surface area contributed by atoms with Crippen molar-refractivity contribution in [1.29, 1.82) is 0 Å². The molecule has 3 N–H and O–H groups in total. The molecule has 1 unspecified atom stereocenters. The molecule has 11 heteroatoms. The van der Waals surface area contributed by atoms with Crippen LogP contribution in [0.25, 0.3) is 0 Å². The predicted octanol–water partition coefficient (Wildman–Crippen LogP) is 2.19. The van der Waals surface area contributed by atoms with Crippen LogP contribution in [0.3, 0.4) is 0 Å². The molecule has 1 fully saturated rings. The van der Waals surface area contributed by atoms with Gasteiger partial charge >= 0.3 is 6.18 Å². The first kappa shape index (κ1) is 23.1. The van der Waals surface area contributed by atoms with E-state index < -0.39 is 48.5 Å². The Kier molecular flexibility index (Phi) is 7.56. The number of likely N-dealkylation sites (tertiary alicyclic amines) is 1. The van der Waals surface area contributed by atoms with Gasteiger partial charge in [-0.3, -0.25) is 9.59 Å². The van der Waals surface area contributed by atoms with Gasteiger partial charge in [0.15, 0.2) is 0 Å². The van der Waals surface area contributed by atoms with Crippen molar-refractivity contribution < 1.29 is 31.5 Å². The average Bonchev–Trinajstić information content (AvgIpc) is 2.93. The number of halogens is 6. The van der Waals surface area contributed by atoms with Gasteiger partial charge in [-0.05, 0) is 17.7 Å². The van der Waals surface area contributed by atoms with Crippen LogP contribution in [0.15, 0.2) is 24.3 Å². The molecule has 0 aromatic heterocycles. The zero-order valence-electron chi connectivity index (χ0n) is 14.1. The Labute approximate surface area is 158 Å². The van der Waals surface area contributed by atoms with E-state index in [2.05, 4.69) is 5.32 Å². The van der Waals surface area contributed by atoms with E-state index in [4.69, 9.17) is 5.73 Å². The van der Waals surface area contributed by atoms with Gasteiger partial charge < -0.3 is 16.0 Å². The van der Waals surface area contributed by atoms with Crippen molar-refractivity contribution in [1.82, 2.24) is 10.2 Å². The average molecular weight is 416 g/mol. The lowest BCUT2D eigenvalue weighted by Crippen LogP contribution is -2.43. The first-order chi connectivity index (χ1) is 12.0. The number of benzene rings is 1. The number of hydrogen-bond acceptors (Lipinski definition) is 3. The van der Waals surface area contributed by atoms with Crippen LogP contribution in [0.1, 0.15) is 17.5 Å². The zero-order valence-corrected chi connectivity index (χ0v) is 14.9. The minimum atomic E-state index is -4.50. The van der Waals surface area contributed by atoms with E-state index in [0.29, 0.717) is 0 Å². The van der Waals surface area contributed by atoms with Crippen LogP contribution in [0.4, 0.5) is 22.0 Å². The summed E-state index contributed by atoms with van der Waals surface area (Å²) in [6, 6.07) is 4.53. The molecule has 0 saturated carbocycles. The second-order valence-electron chi connectivity index (χ2n) is 6.15. The molecule has 0 bridgehead atoms. The molecule has 1 aromatic rings. The molecule has 2 rings (SSSR count). The number of amides is 2. The lowest BCUT2D eigenvalue weighted by Gasteiger charge is -2.18. The molecule has 0 radical (unpaired) electrons. The van der Waals surface area contributed by atoms with Crippen LogP contribution in [-0.2, 0) is 22.3 Å². The Hall–Kier alpha value is -1.94. The summed E-state index contributed by atoms with van der Waals surface area (Å²) in [5.41, 5.74) is 4.31. The molecule has 1 aliphatic heterocycles. The summed E-state index contributed by atoms with van der Waals surface area (Å²) >= 11 is 0. The third-order valence-corrected chi connectivity index (χ3v) is 4.03. The minimum Gasteiger partial charge on any atom is -0.350 e. The fourth-order valence-corrected chi connectivity index (χ4v) is 2.60. The highest BCUT2D eigenvalue weighted by Gasteiger charge is 2.36. The smallest absolute Gasteiger partial charge is 0.350 e. The van der Waals surface area contributed by atoms with Crippen molar-refractivity contribution in [3.63, 3.8) is 0 Å². The third-order valence-electron chi connectivity index (χ3n) is 4.03. The maximum Gasteiger partial charge on any atom is 0.416 e. The van der Waals surface area contributed by atoms with Gasteiger partial charge in [0.2, 0.25) is 11.8 Å². The van der Waals surface area contributed by atoms with Gasteiger partial charge in [0.1, 0.15) is 0 Å². The van der Waals surface area contributed by atoms with Crippen molar-refractivity contribution in [2.45, 2.75) is 25.1 Å². The lowest BCUT2D eigenvalue weighted by atomic mass is 10.1. The molecule has 1 saturated heterocycles. The quantitative estimate of drug-likeness (QED) is 0.699. The standard InChI is InChI=1S/C16H18F5N3O2.ClH/c17-15(18,8-22)9-23-14(26)11-5-13(25)24(7-11)6-10-2-1-3-12(4-10)16(19,20)21;/h1-4,11H,5-9,22H2,(H,23,26);1H. The van der Waals surface area contributed by atoms with Crippen molar-refractivity contribution >= 4 is 24.2 Å². The Balaban J connectivity index is 0.00000364. The number of nitrogens with two attached hydrogens (primary N) is 1. The van der Waals surface area contributed by atoms with E-state index in [-0.39, 0.29) is 37.5 Å². The number of nitrogens with one attached hydrogen (secondary N) is 1. The van der Waals surface area contributed by atoms with Crippen LogP contribution in [-0.4, -0.2) is 42.3 Å². The molecule has 152 valence electrons. The number of rotatable bonds is 6. The number of nitrogens with zero attached hydrogens (tertiary/aromatic N) is 1. The van der Waals surface area contributed by atoms with Gasteiger partial charge in [-0.15, -0.1) is 12.4 Å². The molecule has 5 nitrogen and oxygen atoms in total. The summed E-state index contributed by atoms with van der Waals surface area (Å²) < 4.78 is 64.3. The highest BCUT2D eigenvalue weighted by molar-refractivity contribution is 5.89. The van der Waals surface area contributed by atoms with Gasteiger partial charge in [0.05, 0.1) is 24.6 Å². The number of hydrogen-bond donors (Lipinski definition) is 2. The highest BCUT2D eigenvalue weighted by Crippen LogP contribution is 2.30. The normalized spacial score (nSPS) is 17.6. The molecule has 27 heavy (non-hydrogen) atoms. The topological polar surface area (TPSA) is 75.4 Å². The van der Waals surface area contributed by atoms with Crippen LogP contribution in [0, 0.1) is 5.92 Å². The minimum absolute atomic E-state index is 0. The highest BCUT2D eigenvalue weighted by atomic mass is 35.5. The predicted molar refractivity (Wildman–Crippen MR) is 89.2 cm³/mol. The molecular weight excluding hydrogens is 397 g/mol. The Morgan fingerprint density at radius 1 is 1.26 bits per heavy atom. The van der Waals surface area contributed by atoms with Crippen molar-refractivity contribution in [2.24, 2.45) is 11.7 Å². The summed E-state index contributed by atoms with van der Waals surface area (Å²) in [4.78, 5) is 25.1. The molecule has 1 heterocycles. The van der Waals surface area contributed by atoms with E-state index in [9.17, 15) is 31.5 Å². The fourth-order valence-electron chi connectivity index (χ4n) is 2.60. The van der Waals surface area contributed by atoms with Crippen LogP contribution in [0.5, 0.6) is 0 Å². The second-order valence-corrected chi connectivity index (χ2v) is 6.15. The molecule has 0 aliphatic carbocycles. The molecular formula is C16H19ClF5N3O2. The van der Waals surface area contributed by atoms with Crippen molar-refractivity contribution in [3.8, 4) is 0 Å². The van der Waals surface area contributed by atoms with Crippen LogP contribution in [0.2, 0.25) is 0 Å². The van der Waals surface area contributed by atoms with Gasteiger partial charge in [0.25, 0.3) is 5.92 Å². The van der Waals surface area contributed by atoms with Gasteiger partial charge in [-0.2, -0.15) is 13.2 Å². The van der Waals surface area contributed by atoms with Crippen LogP contribution < -0.4 is 11.1 Å². The zero-order chi connectivity index (χ0) is 19.5. The third kappa shape index (κ3) is 6.31. The van der Waals surface area contributed by atoms with Gasteiger partial charge in [0, 0.05) is 19.5 Å². The maximum absolute atomic E-state index is 13.1. The van der Waals surface area contributed by atoms with E-state index in [1.807, 2.05) is 0 Å².